The molecule has 6 heteroatoms. The third kappa shape index (κ3) is 2.18. The second-order valence-corrected chi connectivity index (χ2v) is 4.85. The summed E-state index contributed by atoms with van der Waals surface area (Å²) in [6.45, 7) is 2.48. The normalized spacial score (nSPS) is 10.9. The third-order valence-electron chi connectivity index (χ3n) is 3.15. The smallest absolute Gasteiger partial charge is 0.178 e. The lowest BCUT2D eigenvalue weighted by Crippen LogP contribution is -2.03. The molecule has 3 rings (SSSR count). The van der Waals surface area contributed by atoms with Crippen LogP contribution in [-0.4, -0.2) is 26.6 Å². The molecule has 0 amide bonds. The quantitative estimate of drug-likeness (QED) is 0.752. The van der Waals surface area contributed by atoms with Gasteiger partial charge in [-0.15, -0.1) is 0 Å². The summed E-state index contributed by atoms with van der Waals surface area (Å²) in [6, 6.07) is 7.77. The number of aryl methyl sites for hydroxylation is 1. The van der Waals surface area contributed by atoms with Gasteiger partial charge in [0.15, 0.2) is 4.77 Å². The topological polar surface area (TPSA) is 55.7 Å². The molecule has 102 valence electrons. The molecule has 2 heterocycles. The largest absolute Gasteiger partial charge is 0.494 e. The number of benzene rings is 1. The molecule has 0 aliphatic carbocycles. The Morgan fingerprint density at radius 2 is 2.20 bits per heavy atom. The van der Waals surface area contributed by atoms with E-state index in [4.69, 9.17) is 17.0 Å². The van der Waals surface area contributed by atoms with Gasteiger partial charge in [-0.05, 0) is 37.3 Å². The van der Waals surface area contributed by atoms with E-state index in [9.17, 15) is 0 Å². The molecule has 0 spiro atoms. The van der Waals surface area contributed by atoms with Crippen molar-refractivity contribution >= 4 is 23.3 Å². The molecular formula is C14H14N4OS. The van der Waals surface area contributed by atoms with Gasteiger partial charge in [-0.25, -0.2) is 9.97 Å². The lowest BCUT2D eigenvalue weighted by atomic mass is 10.3. The van der Waals surface area contributed by atoms with Gasteiger partial charge in [0, 0.05) is 6.20 Å². The summed E-state index contributed by atoms with van der Waals surface area (Å²) >= 11 is 5.40. The monoisotopic (exact) mass is 286 g/mol. The molecular weight excluding hydrogens is 272 g/mol. The molecule has 5 nitrogen and oxygen atoms in total. The van der Waals surface area contributed by atoms with Crippen LogP contribution in [0.3, 0.4) is 0 Å². The van der Waals surface area contributed by atoms with Gasteiger partial charge in [0.1, 0.15) is 17.1 Å². The average molecular weight is 286 g/mol. The maximum atomic E-state index is 5.40. The van der Waals surface area contributed by atoms with Crippen LogP contribution in [0.5, 0.6) is 5.75 Å². The van der Waals surface area contributed by atoms with E-state index in [1.165, 1.54) is 0 Å². The van der Waals surface area contributed by atoms with E-state index in [0.29, 0.717) is 11.3 Å². The number of hydrogen-bond donors (Lipinski definition) is 1. The van der Waals surface area contributed by atoms with Crippen LogP contribution in [-0.2, 0) is 6.54 Å². The van der Waals surface area contributed by atoms with E-state index in [1.807, 2.05) is 35.8 Å². The number of nitrogens with one attached hydrogen (secondary N) is 1. The highest BCUT2D eigenvalue weighted by molar-refractivity contribution is 7.71. The number of rotatable bonds is 3. The molecule has 1 N–H and O–H groups in total. The number of para-hydroxylation sites is 1. The summed E-state index contributed by atoms with van der Waals surface area (Å²) in [4.78, 5) is 11.7. The molecule has 0 saturated heterocycles. The molecule has 0 aliphatic rings. The van der Waals surface area contributed by atoms with Gasteiger partial charge in [-0.3, -0.25) is 0 Å². The van der Waals surface area contributed by atoms with Crippen LogP contribution in [0, 0.1) is 11.7 Å². The second-order valence-electron chi connectivity index (χ2n) is 4.47. The Kier molecular flexibility index (Phi) is 3.23. The van der Waals surface area contributed by atoms with Gasteiger partial charge in [0.2, 0.25) is 0 Å². The van der Waals surface area contributed by atoms with E-state index in [-0.39, 0.29) is 0 Å². The first kappa shape index (κ1) is 12.8. The number of H-pyrrole nitrogens is 1. The first-order valence-electron chi connectivity index (χ1n) is 6.23. The van der Waals surface area contributed by atoms with Crippen LogP contribution in [0.2, 0.25) is 0 Å². The minimum atomic E-state index is 0.607. The molecule has 0 unspecified atom stereocenters. The highest BCUT2D eigenvalue weighted by Crippen LogP contribution is 2.24. The molecule has 0 aliphatic heterocycles. The maximum absolute atomic E-state index is 5.40. The van der Waals surface area contributed by atoms with Gasteiger partial charge >= 0.3 is 0 Å². The Morgan fingerprint density at radius 3 is 2.95 bits per heavy atom. The predicted octanol–water partition coefficient (Wildman–Crippen LogP) is 2.85. The SMILES string of the molecule is COc1cccc2c1[nH]c(=S)n2Cc1ccnc(C)n1. The summed E-state index contributed by atoms with van der Waals surface area (Å²) < 4.78 is 8.01. The zero-order valence-corrected chi connectivity index (χ0v) is 12.1. The number of hydrogen-bond acceptors (Lipinski definition) is 4. The van der Waals surface area contributed by atoms with Gasteiger partial charge in [-0.2, -0.15) is 0 Å². The van der Waals surface area contributed by atoms with Gasteiger partial charge in [-0.1, -0.05) is 6.07 Å². The van der Waals surface area contributed by atoms with Crippen molar-refractivity contribution in [2.24, 2.45) is 0 Å². The predicted molar refractivity (Wildman–Crippen MR) is 79.5 cm³/mol. The fourth-order valence-corrected chi connectivity index (χ4v) is 2.50. The Balaban J connectivity index is 2.12. The van der Waals surface area contributed by atoms with Crippen molar-refractivity contribution in [2.75, 3.05) is 7.11 Å². The Hall–Kier alpha value is -2.21. The van der Waals surface area contributed by atoms with Crippen molar-refractivity contribution in [3.63, 3.8) is 0 Å². The molecule has 0 bridgehead atoms. The number of imidazole rings is 1. The summed E-state index contributed by atoms with van der Waals surface area (Å²) in [5.74, 6) is 1.54. The van der Waals surface area contributed by atoms with Crippen LogP contribution in [0.25, 0.3) is 11.0 Å². The van der Waals surface area contributed by atoms with Crippen molar-refractivity contribution in [1.29, 1.82) is 0 Å². The number of aromatic amines is 1. The number of aromatic nitrogens is 4. The van der Waals surface area contributed by atoms with Crippen LogP contribution in [0.4, 0.5) is 0 Å². The minimum Gasteiger partial charge on any atom is -0.494 e. The lowest BCUT2D eigenvalue weighted by Gasteiger charge is -2.05. The number of fused-ring (bicyclic) bond motifs is 1. The highest BCUT2D eigenvalue weighted by atomic mass is 32.1. The number of ether oxygens (including phenoxy) is 1. The van der Waals surface area contributed by atoms with E-state index >= 15 is 0 Å². The third-order valence-corrected chi connectivity index (χ3v) is 3.47. The zero-order valence-electron chi connectivity index (χ0n) is 11.3. The second kappa shape index (κ2) is 5.05. The first-order valence-corrected chi connectivity index (χ1v) is 6.64. The van der Waals surface area contributed by atoms with Crippen LogP contribution in [0.15, 0.2) is 30.5 Å². The average Bonchev–Trinajstić information content (AvgIpc) is 2.75. The molecule has 1 aromatic carbocycles. The first-order chi connectivity index (χ1) is 9.69. The fourth-order valence-electron chi connectivity index (χ4n) is 2.24. The molecule has 0 fully saturated rings. The lowest BCUT2D eigenvalue weighted by molar-refractivity contribution is 0.419. The number of methoxy groups -OCH3 is 1. The Bertz CT molecular complexity index is 821. The van der Waals surface area contributed by atoms with E-state index in [0.717, 1.165) is 28.3 Å². The molecule has 0 radical (unpaired) electrons. The minimum absolute atomic E-state index is 0.607. The van der Waals surface area contributed by atoms with Crippen LogP contribution < -0.4 is 4.74 Å². The van der Waals surface area contributed by atoms with Gasteiger partial charge in [0.25, 0.3) is 0 Å². The van der Waals surface area contributed by atoms with Crippen molar-refractivity contribution in [1.82, 2.24) is 19.5 Å². The molecule has 3 aromatic rings. The Labute approximate surface area is 121 Å². The van der Waals surface area contributed by atoms with Crippen molar-refractivity contribution in [2.45, 2.75) is 13.5 Å². The van der Waals surface area contributed by atoms with Crippen molar-refractivity contribution in [3.8, 4) is 5.75 Å². The number of nitrogens with zero attached hydrogens (tertiary/aromatic N) is 3. The fraction of sp³-hybridized carbons (Fsp3) is 0.214. The van der Waals surface area contributed by atoms with Crippen molar-refractivity contribution < 1.29 is 4.74 Å². The van der Waals surface area contributed by atoms with Gasteiger partial charge in [0.05, 0.1) is 24.9 Å². The standard InChI is InChI=1S/C14H14N4OS/c1-9-15-7-6-10(16-9)8-18-11-4-3-5-12(19-2)13(11)17-14(18)20/h3-7H,8H2,1-2H3,(H,17,20). The zero-order chi connectivity index (χ0) is 14.1. The summed E-state index contributed by atoms with van der Waals surface area (Å²) in [5, 5.41) is 0. The Morgan fingerprint density at radius 1 is 1.35 bits per heavy atom. The molecule has 20 heavy (non-hydrogen) atoms. The van der Waals surface area contributed by atoms with Crippen LogP contribution in [0.1, 0.15) is 11.5 Å². The van der Waals surface area contributed by atoms with E-state index in [1.54, 1.807) is 13.3 Å². The molecule has 2 aromatic heterocycles. The van der Waals surface area contributed by atoms with Gasteiger partial charge < -0.3 is 14.3 Å². The summed E-state index contributed by atoms with van der Waals surface area (Å²) in [5.41, 5.74) is 2.84. The summed E-state index contributed by atoms with van der Waals surface area (Å²) in [7, 11) is 1.65. The maximum Gasteiger partial charge on any atom is 0.178 e. The molecule has 0 saturated carbocycles. The molecule has 0 atom stereocenters. The summed E-state index contributed by atoms with van der Waals surface area (Å²) in [6.07, 6.45) is 1.76. The van der Waals surface area contributed by atoms with E-state index < -0.39 is 0 Å². The van der Waals surface area contributed by atoms with Crippen LogP contribution >= 0.6 is 12.2 Å². The van der Waals surface area contributed by atoms with Crippen molar-refractivity contribution in [3.05, 3.63) is 46.8 Å². The highest BCUT2D eigenvalue weighted by Gasteiger charge is 2.09. The van der Waals surface area contributed by atoms with E-state index in [2.05, 4.69) is 15.0 Å².